The second kappa shape index (κ2) is 9.09. The molecule has 0 spiro atoms. The van der Waals surface area contributed by atoms with Gasteiger partial charge >= 0.3 is 0 Å². The van der Waals surface area contributed by atoms with E-state index in [1.54, 1.807) is 42.6 Å². The molecule has 4 rings (SSSR count). The van der Waals surface area contributed by atoms with E-state index < -0.39 is 20.0 Å². The lowest BCUT2D eigenvalue weighted by molar-refractivity contribution is 0.581. The van der Waals surface area contributed by atoms with Gasteiger partial charge in [0.1, 0.15) is 4.90 Å². The highest BCUT2D eigenvalue weighted by molar-refractivity contribution is 7.91. The van der Waals surface area contributed by atoms with Crippen molar-refractivity contribution in [2.75, 3.05) is 6.54 Å². The van der Waals surface area contributed by atoms with Gasteiger partial charge in [0.25, 0.3) is 10.0 Å². The smallest absolute Gasteiger partial charge is 0.261 e. The van der Waals surface area contributed by atoms with Gasteiger partial charge in [-0.1, -0.05) is 50.2 Å². The van der Waals surface area contributed by atoms with E-state index in [4.69, 9.17) is 0 Å². The van der Waals surface area contributed by atoms with Crippen LogP contribution in [0.4, 0.5) is 0 Å². The molecule has 0 radical (unpaired) electrons. The second-order valence-electron chi connectivity index (χ2n) is 7.97. The summed E-state index contributed by atoms with van der Waals surface area (Å²) in [6, 6.07) is 18.7. The zero-order valence-corrected chi connectivity index (χ0v) is 20.0. The van der Waals surface area contributed by atoms with Gasteiger partial charge in [0.05, 0.1) is 10.4 Å². The lowest BCUT2D eigenvalue weighted by Gasteiger charge is -2.11. The summed E-state index contributed by atoms with van der Waals surface area (Å²) in [6.07, 6.45) is 3.28. The molecule has 2 aromatic heterocycles. The van der Waals surface area contributed by atoms with Crippen molar-refractivity contribution < 1.29 is 16.8 Å². The number of hydrogen-bond donors (Lipinski definition) is 1. The van der Waals surface area contributed by atoms with Crippen LogP contribution in [0.1, 0.15) is 31.0 Å². The molecular weight excluding hydrogens is 458 g/mol. The van der Waals surface area contributed by atoms with Gasteiger partial charge in [-0.2, -0.15) is 0 Å². The molecule has 0 aliphatic rings. The monoisotopic (exact) mass is 483 g/mol. The molecule has 7 nitrogen and oxygen atoms in total. The summed E-state index contributed by atoms with van der Waals surface area (Å²) in [7, 11) is -7.99. The van der Waals surface area contributed by atoms with Crippen LogP contribution in [0.5, 0.6) is 0 Å². The van der Waals surface area contributed by atoms with E-state index in [0.29, 0.717) is 17.3 Å². The van der Waals surface area contributed by atoms with Crippen LogP contribution in [0.15, 0.2) is 88.9 Å². The van der Waals surface area contributed by atoms with Crippen molar-refractivity contribution in [2.45, 2.75) is 36.0 Å². The number of nitrogens with zero attached hydrogens (tertiary/aromatic N) is 2. The Balaban J connectivity index is 1.82. The molecule has 2 heterocycles. The molecule has 0 aliphatic heterocycles. The number of fused-ring (bicyclic) bond motifs is 1. The van der Waals surface area contributed by atoms with E-state index in [0.717, 1.165) is 15.2 Å². The molecule has 4 aromatic rings. The highest BCUT2D eigenvalue weighted by Crippen LogP contribution is 2.34. The normalized spacial score (nSPS) is 12.5. The van der Waals surface area contributed by atoms with Gasteiger partial charge in [0.15, 0.2) is 0 Å². The van der Waals surface area contributed by atoms with Gasteiger partial charge in [-0.25, -0.2) is 25.5 Å². The molecule has 2 aromatic carbocycles. The summed E-state index contributed by atoms with van der Waals surface area (Å²) in [5, 5.41) is 0.414. The molecule has 1 N–H and O–H groups in total. The Bertz CT molecular complexity index is 1480. The summed E-state index contributed by atoms with van der Waals surface area (Å²) in [5.74, 6) is -0.00792. The van der Waals surface area contributed by atoms with Gasteiger partial charge in [-0.05, 0) is 41.8 Å². The molecule has 172 valence electrons. The zero-order valence-electron chi connectivity index (χ0n) is 18.3. The minimum absolute atomic E-state index is 0.00792. The number of aromatic nitrogens is 2. The average molecular weight is 484 g/mol. The molecule has 0 saturated heterocycles. The first kappa shape index (κ1) is 23.2. The molecule has 33 heavy (non-hydrogen) atoms. The fraction of sp³-hybridized carbons (Fsp3) is 0.208. The highest BCUT2D eigenvalue weighted by atomic mass is 32.2. The molecule has 0 fully saturated rings. The number of hydrogen-bond acceptors (Lipinski definition) is 5. The summed E-state index contributed by atoms with van der Waals surface area (Å²) >= 11 is 0. The van der Waals surface area contributed by atoms with Gasteiger partial charge in [-0.3, -0.25) is 4.98 Å². The highest BCUT2D eigenvalue weighted by Gasteiger charge is 2.28. The van der Waals surface area contributed by atoms with E-state index in [1.807, 2.05) is 32.0 Å². The topological polar surface area (TPSA) is 98.1 Å². The first-order valence-corrected chi connectivity index (χ1v) is 13.5. The quantitative estimate of drug-likeness (QED) is 0.410. The summed E-state index contributed by atoms with van der Waals surface area (Å²) in [5.41, 5.74) is 1.85. The number of benzene rings is 2. The van der Waals surface area contributed by atoms with Crippen LogP contribution in [0, 0.1) is 0 Å². The Kier molecular flexibility index (Phi) is 6.38. The molecule has 9 heteroatoms. The third-order valence-electron chi connectivity index (χ3n) is 5.40. The Morgan fingerprint density at radius 1 is 0.909 bits per heavy atom. The second-order valence-corrected chi connectivity index (χ2v) is 11.5. The zero-order chi connectivity index (χ0) is 23.6. The Hall–Kier alpha value is -3.01. The number of rotatable bonds is 8. The van der Waals surface area contributed by atoms with E-state index in [-0.39, 0.29) is 22.3 Å². The predicted molar refractivity (Wildman–Crippen MR) is 128 cm³/mol. The number of nitrogens with one attached hydrogen (secondary N) is 1. The minimum Gasteiger partial charge on any atom is -0.261 e. The van der Waals surface area contributed by atoms with Gasteiger partial charge in [-0.15, -0.1) is 0 Å². The summed E-state index contributed by atoms with van der Waals surface area (Å²) in [6.45, 7) is 4.03. The third kappa shape index (κ3) is 4.57. The van der Waals surface area contributed by atoms with Crippen molar-refractivity contribution in [1.29, 1.82) is 0 Å². The largest absolute Gasteiger partial charge is 0.268 e. The number of sulfonamides is 1. The van der Waals surface area contributed by atoms with Crippen molar-refractivity contribution in [2.24, 2.45) is 0 Å². The van der Waals surface area contributed by atoms with Crippen LogP contribution >= 0.6 is 0 Å². The van der Waals surface area contributed by atoms with Gasteiger partial charge in [0, 0.05) is 36.4 Å². The molecule has 0 amide bonds. The lowest BCUT2D eigenvalue weighted by atomic mass is 9.99. The van der Waals surface area contributed by atoms with Crippen LogP contribution in [0.2, 0.25) is 0 Å². The molecule has 0 bridgehead atoms. The van der Waals surface area contributed by atoms with Crippen molar-refractivity contribution in [1.82, 2.24) is 13.7 Å². The van der Waals surface area contributed by atoms with Crippen LogP contribution in [-0.4, -0.2) is 32.3 Å². The Morgan fingerprint density at radius 2 is 1.64 bits per heavy atom. The van der Waals surface area contributed by atoms with Gasteiger partial charge < -0.3 is 0 Å². The molecule has 0 saturated carbocycles. The van der Waals surface area contributed by atoms with Crippen LogP contribution in [0.3, 0.4) is 0 Å². The molecular formula is C24H25N3O4S2. The van der Waals surface area contributed by atoms with Crippen molar-refractivity contribution in [3.05, 3.63) is 90.4 Å². The third-order valence-corrected chi connectivity index (χ3v) is 8.56. The average Bonchev–Trinajstić information content (AvgIpc) is 3.22. The summed E-state index contributed by atoms with van der Waals surface area (Å²) in [4.78, 5) is 4.24. The first-order valence-electron chi connectivity index (χ1n) is 10.6. The van der Waals surface area contributed by atoms with Crippen molar-refractivity contribution in [3.63, 3.8) is 0 Å². The SMILES string of the molecule is CC(C)c1cccc2c1c(S(=O)(=O)NCCc1ccccn1)cn2S(=O)(=O)c1ccccc1. The van der Waals surface area contributed by atoms with E-state index in [2.05, 4.69) is 9.71 Å². The predicted octanol–water partition coefficient (Wildman–Crippen LogP) is 3.92. The Morgan fingerprint density at radius 3 is 2.30 bits per heavy atom. The van der Waals surface area contributed by atoms with Crippen LogP contribution in [0.25, 0.3) is 10.9 Å². The van der Waals surface area contributed by atoms with Crippen molar-refractivity contribution >= 4 is 30.9 Å². The Labute approximate surface area is 194 Å². The maximum absolute atomic E-state index is 13.4. The number of pyridine rings is 1. The van der Waals surface area contributed by atoms with E-state index in [9.17, 15) is 16.8 Å². The maximum atomic E-state index is 13.4. The van der Waals surface area contributed by atoms with Crippen molar-refractivity contribution in [3.8, 4) is 0 Å². The van der Waals surface area contributed by atoms with Crippen LogP contribution in [-0.2, 0) is 26.5 Å². The minimum atomic E-state index is -4.00. The van der Waals surface area contributed by atoms with Crippen LogP contribution < -0.4 is 4.72 Å². The first-order chi connectivity index (χ1) is 15.7. The van der Waals surface area contributed by atoms with E-state index in [1.165, 1.54) is 18.3 Å². The van der Waals surface area contributed by atoms with Gasteiger partial charge in [0.2, 0.25) is 10.0 Å². The fourth-order valence-electron chi connectivity index (χ4n) is 3.78. The molecule has 0 unspecified atom stereocenters. The maximum Gasteiger partial charge on any atom is 0.268 e. The summed E-state index contributed by atoms with van der Waals surface area (Å²) < 4.78 is 57.2. The van der Waals surface area contributed by atoms with E-state index >= 15 is 0 Å². The lowest BCUT2D eigenvalue weighted by Crippen LogP contribution is -2.26. The molecule has 0 aliphatic carbocycles. The fourth-order valence-corrected chi connectivity index (χ4v) is 6.49. The standard InChI is InChI=1S/C24H25N3O4S2/c1-18(2)21-12-8-13-22-24(21)23(17-27(22)33(30,31)20-10-4-3-5-11-20)32(28,29)26-16-14-19-9-6-7-15-25-19/h3-13,15,17-18,26H,14,16H2,1-2H3. The molecule has 0 atom stereocenters.